The van der Waals surface area contributed by atoms with Crippen molar-refractivity contribution in [2.24, 2.45) is 4.99 Å². The maximum atomic E-state index is 15.0. The molecule has 3 aromatic carbocycles. The van der Waals surface area contributed by atoms with E-state index in [4.69, 9.17) is 4.74 Å². The summed E-state index contributed by atoms with van der Waals surface area (Å²) in [6.07, 6.45) is 1.58. The highest BCUT2D eigenvalue weighted by atomic mass is 32.2. The second kappa shape index (κ2) is 9.81. The molecule has 0 N–H and O–H groups in total. The molecule has 0 saturated carbocycles. The lowest BCUT2D eigenvalue weighted by Gasteiger charge is -2.21. The SMILES string of the molecule is COc1cccc(Sc2cnc3ccccc3c2C([O-])=NCC(F)(F)c2ccc(C)cc2C)c1. The fourth-order valence-electron chi connectivity index (χ4n) is 3.77. The minimum Gasteiger partial charge on any atom is -0.858 e. The molecule has 4 aromatic rings. The number of aryl methyl sites for hydroxylation is 2. The summed E-state index contributed by atoms with van der Waals surface area (Å²) in [6.45, 7) is 2.55. The van der Waals surface area contributed by atoms with Gasteiger partial charge in [0.1, 0.15) is 12.3 Å². The lowest BCUT2D eigenvalue weighted by atomic mass is 10.0. The standard InChI is InChI=1S/C27H24F2N2O2S/c1-17-11-12-22(18(2)13-17)27(28,29)16-31-26(32)25-21-9-4-5-10-23(21)30-15-24(25)34-20-8-6-7-19(14-20)33-3/h4-15H,16H2,1-3H3,(H,31,32)/p-1. The molecule has 0 aliphatic carbocycles. The number of ether oxygens (including phenoxy) is 1. The van der Waals surface area contributed by atoms with Crippen LogP contribution in [0.25, 0.3) is 10.9 Å². The second-order valence-corrected chi connectivity index (χ2v) is 9.06. The molecule has 0 aliphatic heterocycles. The largest absolute Gasteiger partial charge is 0.858 e. The van der Waals surface area contributed by atoms with E-state index in [1.54, 1.807) is 50.6 Å². The van der Waals surface area contributed by atoms with Gasteiger partial charge in [0.2, 0.25) is 0 Å². The zero-order valence-electron chi connectivity index (χ0n) is 19.0. The predicted molar refractivity (Wildman–Crippen MR) is 130 cm³/mol. The van der Waals surface area contributed by atoms with Gasteiger partial charge in [-0.1, -0.05) is 59.8 Å². The molecule has 0 amide bonds. The number of hydrogen-bond donors (Lipinski definition) is 0. The maximum absolute atomic E-state index is 15.0. The van der Waals surface area contributed by atoms with E-state index in [9.17, 15) is 13.9 Å². The minimum absolute atomic E-state index is 0.125. The van der Waals surface area contributed by atoms with Crippen LogP contribution in [0.5, 0.6) is 5.75 Å². The van der Waals surface area contributed by atoms with Gasteiger partial charge in [0.05, 0.1) is 12.6 Å². The van der Waals surface area contributed by atoms with E-state index in [0.717, 1.165) is 10.5 Å². The van der Waals surface area contributed by atoms with Gasteiger partial charge in [0.15, 0.2) is 0 Å². The van der Waals surface area contributed by atoms with Crippen molar-refractivity contribution < 1.29 is 18.6 Å². The van der Waals surface area contributed by atoms with E-state index < -0.39 is 18.4 Å². The Hall–Kier alpha value is -3.45. The molecule has 4 rings (SSSR count). The van der Waals surface area contributed by atoms with Crippen LogP contribution in [0.2, 0.25) is 0 Å². The van der Waals surface area contributed by atoms with Crippen LogP contribution in [-0.2, 0) is 5.92 Å². The number of benzene rings is 3. The van der Waals surface area contributed by atoms with Gasteiger partial charge in [-0.15, -0.1) is 0 Å². The van der Waals surface area contributed by atoms with Gasteiger partial charge in [0.25, 0.3) is 5.92 Å². The summed E-state index contributed by atoms with van der Waals surface area (Å²) in [5, 5.41) is 13.8. The fraction of sp³-hybridized carbons (Fsp3) is 0.185. The molecule has 1 heterocycles. The third-order valence-electron chi connectivity index (χ3n) is 5.42. The van der Waals surface area contributed by atoms with Crippen molar-refractivity contribution in [2.75, 3.05) is 13.7 Å². The molecule has 7 heteroatoms. The van der Waals surface area contributed by atoms with Gasteiger partial charge in [-0.25, -0.2) is 0 Å². The van der Waals surface area contributed by atoms with Crippen molar-refractivity contribution in [1.29, 1.82) is 0 Å². The number of aromatic nitrogens is 1. The average molecular weight is 478 g/mol. The fourth-order valence-corrected chi connectivity index (χ4v) is 4.75. The van der Waals surface area contributed by atoms with Crippen LogP contribution in [0.3, 0.4) is 0 Å². The Kier molecular flexibility index (Phi) is 6.84. The predicted octanol–water partition coefficient (Wildman–Crippen LogP) is 5.91. The van der Waals surface area contributed by atoms with Crippen molar-refractivity contribution in [3.8, 4) is 5.75 Å². The van der Waals surface area contributed by atoms with E-state index in [2.05, 4.69) is 9.98 Å². The van der Waals surface area contributed by atoms with Gasteiger partial charge in [0, 0.05) is 32.5 Å². The summed E-state index contributed by atoms with van der Waals surface area (Å²) in [5.41, 5.74) is 2.09. The molecule has 0 fully saturated rings. The summed E-state index contributed by atoms with van der Waals surface area (Å²) < 4.78 is 35.3. The van der Waals surface area contributed by atoms with Crippen molar-refractivity contribution in [2.45, 2.75) is 29.6 Å². The van der Waals surface area contributed by atoms with Crippen LogP contribution in [0.4, 0.5) is 8.78 Å². The van der Waals surface area contributed by atoms with E-state index in [-0.39, 0.29) is 11.1 Å². The van der Waals surface area contributed by atoms with Gasteiger partial charge < -0.3 is 9.84 Å². The Labute approximate surface area is 201 Å². The molecule has 0 aliphatic rings. The highest BCUT2D eigenvalue weighted by Gasteiger charge is 2.32. The summed E-state index contributed by atoms with van der Waals surface area (Å²) in [7, 11) is 1.57. The lowest BCUT2D eigenvalue weighted by Crippen LogP contribution is -2.25. The van der Waals surface area contributed by atoms with Gasteiger partial charge in [-0.2, -0.15) is 8.78 Å². The molecule has 174 valence electrons. The monoisotopic (exact) mass is 477 g/mol. The van der Waals surface area contributed by atoms with Crippen LogP contribution < -0.4 is 9.84 Å². The van der Waals surface area contributed by atoms with Crippen LogP contribution in [-0.4, -0.2) is 24.5 Å². The molecular formula is C27H23F2N2O2S-. The van der Waals surface area contributed by atoms with E-state index in [0.29, 0.717) is 27.1 Å². The quantitative estimate of drug-likeness (QED) is 0.245. The number of fused-ring (bicyclic) bond motifs is 1. The van der Waals surface area contributed by atoms with Crippen LogP contribution >= 0.6 is 11.8 Å². The first-order chi connectivity index (χ1) is 16.3. The number of rotatable bonds is 7. The summed E-state index contributed by atoms with van der Waals surface area (Å²) in [5.74, 6) is -3.30. The number of alkyl halides is 2. The maximum Gasteiger partial charge on any atom is 0.292 e. The number of hydrogen-bond acceptors (Lipinski definition) is 5. The number of nitrogens with zero attached hydrogens (tertiary/aromatic N) is 2. The number of pyridine rings is 1. The van der Waals surface area contributed by atoms with Crippen molar-refractivity contribution in [3.05, 3.63) is 95.2 Å². The van der Waals surface area contributed by atoms with Gasteiger partial charge in [-0.3, -0.25) is 9.98 Å². The average Bonchev–Trinajstić information content (AvgIpc) is 2.82. The molecule has 1 aromatic heterocycles. The summed E-state index contributed by atoms with van der Waals surface area (Å²) in [4.78, 5) is 9.65. The van der Waals surface area contributed by atoms with Gasteiger partial charge >= 0.3 is 0 Å². The zero-order chi connectivity index (χ0) is 24.3. The Morgan fingerprint density at radius 2 is 1.85 bits per heavy atom. The lowest BCUT2D eigenvalue weighted by molar-refractivity contribution is -0.213. The van der Waals surface area contributed by atoms with Crippen LogP contribution in [0, 0.1) is 13.8 Å². The molecule has 0 saturated heterocycles. The first-order valence-electron chi connectivity index (χ1n) is 10.7. The number of para-hydroxylation sites is 1. The van der Waals surface area contributed by atoms with E-state index >= 15 is 0 Å². The summed E-state index contributed by atoms with van der Waals surface area (Å²) >= 11 is 1.31. The Balaban J connectivity index is 1.74. The van der Waals surface area contributed by atoms with Gasteiger partial charge in [-0.05, 0) is 49.6 Å². The molecule has 34 heavy (non-hydrogen) atoms. The normalized spacial score (nSPS) is 12.2. The Bertz CT molecular complexity index is 1370. The first-order valence-corrected chi connectivity index (χ1v) is 11.5. The highest BCUT2D eigenvalue weighted by Crippen LogP contribution is 2.36. The third kappa shape index (κ3) is 5.04. The van der Waals surface area contributed by atoms with E-state index in [1.807, 2.05) is 37.3 Å². The number of halogens is 2. The number of aliphatic imine (C=N–C) groups is 1. The molecule has 0 atom stereocenters. The van der Waals surface area contributed by atoms with Crippen molar-refractivity contribution in [1.82, 2.24) is 4.98 Å². The van der Waals surface area contributed by atoms with Crippen molar-refractivity contribution in [3.63, 3.8) is 0 Å². The molecule has 0 unspecified atom stereocenters. The van der Waals surface area contributed by atoms with Crippen LogP contribution in [0.1, 0.15) is 22.3 Å². The summed E-state index contributed by atoms with van der Waals surface area (Å²) in [6, 6.07) is 19.2. The third-order valence-corrected chi connectivity index (χ3v) is 6.44. The Morgan fingerprint density at radius 3 is 2.62 bits per heavy atom. The highest BCUT2D eigenvalue weighted by molar-refractivity contribution is 7.99. The molecular weight excluding hydrogens is 454 g/mol. The zero-order valence-corrected chi connectivity index (χ0v) is 19.8. The Morgan fingerprint density at radius 1 is 1.06 bits per heavy atom. The topological polar surface area (TPSA) is 57.5 Å². The second-order valence-electron chi connectivity index (χ2n) is 7.94. The smallest absolute Gasteiger partial charge is 0.292 e. The number of methoxy groups -OCH3 is 1. The molecule has 4 nitrogen and oxygen atoms in total. The van der Waals surface area contributed by atoms with Crippen molar-refractivity contribution >= 4 is 28.6 Å². The molecule has 0 spiro atoms. The first kappa shape index (κ1) is 23.7. The minimum atomic E-state index is -3.27. The van der Waals surface area contributed by atoms with E-state index in [1.165, 1.54) is 17.8 Å². The molecule has 0 radical (unpaired) electrons. The molecule has 0 bridgehead atoms. The van der Waals surface area contributed by atoms with Crippen LogP contribution in [0.15, 0.2) is 87.7 Å².